The van der Waals surface area contributed by atoms with Crippen molar-refractivity contribution in [3.05, 3.63) is 59.4 Å². The summed E-state index contributed by atoms with van der Waals surface area (Å²) in [6.07, 6.45) is 0. The Morgan fingerprint density at radius 1 is 1.00 bits per heavy atom. The van der Waals surface area contributed by atoms with Crippen LogP contribution in [-0.4, -0.2) is 23.9 Å². The molecule has 2 amide bonds. The highest BCUT2D eigenvalue weighted by Gasteiger charge is 2.55. The number of nitrogens with zero attached hydrogens (tertiary/aromatic N) is 4. The lowest BCUT2D eigenvalue weighted by Crippen LogP contribution is -2.40. The van der Waals surface area contributed by atoms with Gasteiger partial charge in [-0.15, -0.1) is 0 Å². The van der Waals surface area contributed by atoms with Crippen molar-refractivity contribution in [2.75, 3.05) is 9.91 Å². The van der Waals surface area contributed by atoms with Gasteiger partial charge in [0.15, 0.2) is 12.1 Å². The van der Waals surface area contributed by atoms with Crippen molar-refractivity contribution >= 4 is 23.2 Å². The molecule has 25 heavy (non-hydrogen) atoms. The van der Waals surface area contributed by atoms with Gasteiger partial charge < -0.3 is 0 Å². The van der Waals surface area contributed by atoms with Crippen molar-refractivity contribution in [1.29, 1.82) is 0 Å². The topological polar surface area (TPSA) is 65.3 Å². The highest BCUT2D eigenvalue weighted by Crippen LogP contribution is 2.36. The van der Waals surface area contributed by atoms with Gasteiger partial charge >= 0.3 is 0 Å². The van der Waals surface area contributed by atoms with Gasteiger partial charge in [0.2, 0.25) is 0 Å². The molecule has 1 fully saturated rings. The second-order valence-corrected chi connectivity index (χ2v) is 6.17. The summed E-state index contributed by atoms with van der Waals surface area (Å²) in [4.78, 5) is 26.6. The maximum absolute atomic E-state index is 13.9. The molecule has 1 saturated heterocycles. The monoisotopic (exact) mass is 338 g/mol. The van der Waals surface area contributed by atoms with E-state index in [-0.39, 0.29) is 5.69 Å². The van der Waals surface area contributed by atoms with Gasteiger partial charge in [-0.25, -0.2) is 14.3 Å². The highest BCUT2D eigenvalue weighted by atomic mass is 19.1. The van der Waals surface area contributed by atoms with Gasteiger partial charge in [0, 0.05) is 0 Å². The zero-order valence-corrected chi connectivity index (χ0v) is 13.7. The second-order valence-electron chi connectivity index (χ2n) is 6.17. The fraction of sp³-hybridized carbons (Fsp3) is 0.222. The van der Waals surface area contributed by atoms with Crippen molar-refractivity contribution in [3.63, 3.8) is 0 Å². The van der Waals surface area contributed by atoms with Crippen molar-refractivity contribution < 1.29 is 14.0 Å². The molecule has 2 heterocycles. The molecule has 0 unspecified atom stereocenters. The van der Waals surface area contributed by atoms with Crippen molar-refractivity contribution in [3.8, 4) is 0 Å². The molecule has 6 nitrogen and oxygen atoms in total. The lowest BCUT2D eigenvalue weighted by atomic mass is 10.1. The number of halogens is 1. The van der Waals surface area contributed by atoms with Gasteiger partial charge in [-0.3, -0.25) is 9.59 Å². The Kier molecular flexibility index (Phi) is 3.38. The lowest BCUT2D eigenvalue weighted by Gasteiger charge is -2.22. The minimum absolute atomic E-state index is 0.215. The fourth-order valence-corrected chi connectivity index (χ4v) is 3.15. The van der Waals surface area contributed by atoms with Crippen LogP contribution in [0.25, 0.3) is 0 Å². The third kappa shape index (κ3) is 2.23. The van der Waals surface area contributed by atoms with Gasteiger partial charge in [0.1, 0.15) is 5.82 Å². The van der Waals surface area contributed by atoms with Crippen LogP contribution in [0.2, 0.25) is 0 Å². The normalized spacial score (nSPS) is 22.0. The van der Waals surface area contributed by atoms with Gasteiger partial charge in [-0.05, 0) is 43.2 Å². The molecule has 4 rings (SSSR count). The Balaban J connectivity index is 1.73. The van der Waals surface area contributed by atoms with Crippen LogP contribution in [0, 0.1) is 19.7 Å². The number of carbonyl (C=O) groups excluding carboxylic acids is 2. The minimum atomic E-state index is -0.906. The summed E-state index contributed by atoms with van der Waals surface area (Å²) in [5.74, 6) is -1.41. The molecule has 2 aliphatic heterocycles. The zero-order valence-electron chi connectivity index (χ0n) is 13.7. The first kappa shape index (κ1) is 15.4. The van der Waals surface area contributed by atoms with Gasteiger partial charge in [-0.1, -0.05) is 29.5 Å². The van der Waals surface area contributed by atoms with Crippen molar-refractivity contribution in [1.82, 2.24) is 0 Å². The number of anilines is 2. The Morgan fingerprint density at radius 3 is 2.48 bits per heavy atom. The predicted octanol–water partition coefficient (Wildman–Crippen LogP) is 2.94. The number of hydrogen-bond donors (Lipinski definition) is 0. The first-order valence-electron chi connectivity index (χ1n) is 7.88. The van der Waals surface area contributed by atoms with Crippen LogP contribution in [0.3, 0.4) is 0 Å². The molecule has 0 aliphatic carbocycles. The Bertz CT molecular complexity index is 927. The molecular formula is C18H15FN4O2. The standard InChI is InChI=1S/C18H15FN4O2/c1-10-7-8-12(9-13(10)19)22-17(24)15-16(18(22)25)23(21-20-15)14-6-4-3-5-11(14)2/h3-9,15-16H,1-2H3/t15-,16-/m0/s1. The van der Waals surface area contributed by atoms with E-state index < -0.39 is 29.7 Å². The average molecular weight is 338 g/mol. The van der Waals surface area contributed by atoms with Crippen LogP contribution in [0.1, 0.15) is 11.1 Å². The molecule has 0 radical (unpaired) electrons. The largest absolute Gasteiger partial charge is 0.271 e. The SMILES string of the molecule is Cc1ccc(N2C(=O)[C@H]3N=NN(c4ccccc4C)[C@@H]3C2=O)cc1F. The number of imide groups is 1. The molecule has 2 aromatic rings. The van der Waals surface area contributed by atoms with E-state index in [0.717, 1.165) is 16.2 Å². The number of carbonyl (C=O) groups is 2. The number of aryl methyl sites for hydroxylation is 2. The maximum atomic E-state index is 13.9. The second kappa shape index (κ2) is 5.47. The summed E-state index contributed by atoms with van der Waals surface area (Å²) in [5.41, 5.74) is 2.30. The van der Waals surface area contributed by atoms with E-state index in [1.807, 2.05) is 31.2 Å². The third-order valence-electron chi connectivity index (χ3n) is 4.56. The average Bonchev–Trinajstić information content (AvgIpc) is 3.12. The van der Waals surface area contributed by atoms with Gasteiger partial charge in [-0.2, -0.15) is 5.11 Å². The smallest absolute Gasteiger partial charge is 0.263 e. The van der Waals surface area contributed by atoms with E-state index in [1.54, 1.807) is 19.1 Å². The molecule has 2 atom stereocenters. The van der Waals surface area contributed by atoms with E-state index in [9.17, 15) is 14.0 Å². The van der Waals surface area contributed by atoms with E-state index in [1.165, 1.54) is 11.1 Å². The summed E-state index contributed by atoms with van der Waals surface area (Å²) < 4.78 is 13.9. The Hall–Kier alpha value is -3.09. The molecule has 126 valence electrons. The molecule has 2 aromatic carbocycles. The number of fused-ring (bicyclic) bond motifs is 1. The molecule has 0 saturated carbocycles. The van der Waals surface area contributed by atoms with Crippen molar-refractivity contribution in [2.24, 2.45) is 10.3 Å². The zero-order chi connectivity index (χ0) is 17.7. The van der Waals surface area contributed by atoms with Crippen LogP contribution in [0.15, 0.2) is 52.8 Å². The molecule has 2 aliphatic rings. The fourth-order valence-electron chi connectivity index (χ4n) is 3.15. The summed E-state index contributed by atoms with van der Waals surface area (Å²) >= 11 is 0. The molecule has 0 N–H and O–H groups in total. The Morgan fingerprint density at radius 2 is 1.76 bits per heavy atom. The van der Waals surface area contributed by atoms with E-state index in [2.05, 4.69) is 10.3 Å². The summed E-state index contributed by atoms with van der Waals surface area (Å²) in [5, 5.41) is 9.49. The summed E-state index contributed by atoms with van der Waals surface area (Å²) in [6.45, 7) is 3.52. The number of benzene rings is 2. The van der Waals surface area contributed by atoms with E-state index in [4.69, 9.17) is 0 Å². The lowest BCUT2D eigenvalue weighted by molar-refractivity contribution is -0.121. The predicted molar refractivity (Wildman–Crippen MR) is 89.7 cm³/mol. The van der Waals surface area contributed by atoms with Crippen LogP contribution < -0.4 is 9.91 Å². The molecule has 7 heteroatoms. The van der Waals surface area contributed by atoms with E-state index in [0.29, 0.717) is 5.56 Å². The van der Waals surface area contributed by atoms with E-state index >= 15 is 0 Å². The number of amides is 2. The molecule has 0 bridgehead atoms. The van der Waals surface area contributed by atoms with Crippen LogP contribution in [-0.2, 0) is 9.59 Å². The quantitative estimate of drug-likeness (QED) is 0.791. The third-order valence-corrected chi connectivity index (χ3v) is 4.56. The van der Waals surface area contributed by atoms with Crippen LogP contribution >= 0.6 is 0 Å². The van der Waals surface area contributed by atoms with Gasteiger partial charge in [0.05, 0.1) is 11.4 Å². The summed E-state index contributed by atoms with van der Waals surface area (Å²) in [7, 11) is 0. The maximum Gasteiger partial charge on any atom is 0.263 e. The van der Waals surface area contributed by atoms with Crippen LogP contribution in [0.4, 0.5) is 15.8 Å². The van der Waals surface area contributed by atoms with Crippen molar-refractivity contribution in [2.45, 2.75) is 25.9 Å². The molecule has 0 aromatic heterocycles. The van der Waals surface area contributed by atoms with Crippen LogP contribution in [0.5, 0.6) is 0 Å². The molecule has 0 spiro atoms. The number of rotatable bonds is 2. The minimum Gasteiger partial charge on any atom is -0.271 e. The molecular weight excluding hydrogens is 323 g/mol. The highest BCUT2D eigenvalue weighted by molar-refractivity contribution is 6.26. The Labute approximate surface area is 143 Å². The first-order chi connectivity index (χ1) is 12.0. The number of hydrogen-bond acceptors (Lipinski definition) is 5. The first-order valence-corrected chi connectivity index (χ1v) is 7.88. The summed E-state index contributed by atoms with van der Waals surface area (Å²) in [6, 6.07) is 9.99. The number of para-hydroxylation sites is 1. The van der Waals surface area contributed by atoms with Gasteiger partial charge in [0.25, 0.3) is 11.8 Å².